The Morgan fingerprint density at radius 3 is 2.97 bits per heavy atom. The zero-order chi connectivity index (χ0) is 20.3. The van der Waals surface area contributed by atoms with Crippen LogP contribution >= 0.6 is 11.8 Å². The van der Waals surface area contributed by atoms with Gasteiger partial charge in [0.2, 0.25) is 5.91 Å². The van der Waals surface area contributed by atoms with Crippen LogP contribution in [-0.4, -0.2) is 33.9 Å². The van der Waals surface area contributed by atoms with Gasteiger partial charge in [0.1, 0.15) is 5.82 Å². The molecule has 2 N–H and O–H groups in total. The van der Waals surface area contributed by atoms with Crippen LogP contribution in [0.1, 0.15) is 24.0 Å². The zero-order valence-electron chi connectivity index (χ0n) is 16.3. The minimum Gasteiger partial charge on any atom is -0.353 e. The molecule has 0 spiro atoms. The van der Waals surface area contributed by atoms with Crippen molar-refractivity contribution in [3.8, 4) is 11.4 Å². The first-order valence-electron chi connectivity index (χ1n) is 9.98. The summed E-state index contributed by atoms with van der Waals surface area (Å²) in [5.74, 6) is 1.89. The van der Waals surface area contributed by atoms with Gasteiger partial charge in [0.05, 0.1) is 12.3 Å². The first-order chi connectivity index (χ1) is 14.7. The molecule has 0 radical (unpaired) electrons. The first kappa shape index (κ1) is 18.8. The van der Waals surface area contributed by atoms with Gasteiger partial charge >= 0.3 is 0 Å². The molecule has 1 saturated carbocycles. The van der Waals surface area contributed by atoms with E-state index in [0.29, 0.717) is 17.6 Å². The Hall–Kier alpha value is -3.19. The Bertz CT molecular complexity index is 1130. The normalized spacial score (nSPS) is 14.4. The summed E-state index contributed by atoms with van der Waals surface area (Å²) in [6.07, 6.45) is 5.86. The minimum atomic E-state index is 0.0924. The van der Waals surface area contributed by atoms with E-state index in [1.54, 1.807) is 6.20 Å². The molecule has 1 amide bonds. The molecule has 6 nitrogen and oxygen atoms in total. The maximum absolute atomic E-state index is 11.9. The topological polar surface area (TPSA) is 79.3 Å². The molecule has 150 valence electrons. The lowest BCUT2D eigenvalue weighted by Crippen LogP contribution is -2.26. The van der Waals surface area contributed by atoms with Crippen molar-refractivity contribution >= 4 is 35.4 Å². The predicted octanol–water partition coefficient (Wildman–Crippen LogP) is 4.19. The number of thioether (sulfide) groups is 1. The second-order valence-electron chi connectivity index (χ2n) is 7.43. The van der Waals surface area contributed by atoms with Crippen molar-refractivity contribution in [3.63, 3.8) is 0 Å². The number of carbonyl (C=O) groups is 1. The quantitative estimate of drug-likeness (QED) is 0.566. The molecular weight excluding hydrogens is 394 g/mol. The van der Waals surface area contributed by atoms with Crippen LogP contribution < -0.4 is 10.6 Å². The summed E-state index contributed by atoms with van der Waals surface area (Å²) in [7, 11) is 0. The maximum Gasteiger partial charge on any atom is 0.230 e. The lowest BCUT2D eigenvalue weighted by atomic mass is 10.1. The Labute approximate surface area is 179 Å². The number of rotatable bonds is 7. The predicted molar refractivity (Wildman–Crippen MR) is 120 cm³/mol. The number of fused-ring (bicyclic) bond motifs is 1. The molecule has 1 aliphatic carbocycles. The minimum absolute atomic E-state index is 0.0924. The van der Waals surface area contributed by atoms with Crippen LogP contribution in [0, 0.1) is 0 Å². The smallest absolute Gasteiger partial charge is 0.230 e. The van der Waals surface area contributed by atoms with Gasteiger partial charge in [0.25, 0.3) is 0 Å². The molecule has 0 unspecified atom stereocenters. The highest BCUT2D eigenvalue weighted by Gasteiger charge is 2.23. The highest BCUT2D eigenvalue weighted by Crippen LogP contribution is 2.26. The van der Waals surface area contributed by atoms with Crippen LogP contribution in [0.2, 0.25) is 0 Å². The van der Waals surface area contributed by atoms with E-state index in [-0.39, 0.29) is 5.91 Å². The van der Waals surface area contributed by atoms with Crippen LogP contribution in [-0.2, 0) is 11.3 Å². The van der Waals surface area contributed by atoms with E-state index in [9.17, 15) is 4.79 Å². The molecule has 1 aromatic heterocycles. The van der Waals surface area contributed by atoms with Crippen molar-refractivity contribution < 1.29 is 4.79 Å². The summed E-state index contributed by atoms with van der Waals surface area (Å²) < 4.78 is 0. The molecule has 1 fully saturated rings. The largest absolute Gasteiger partial charge is 0.353 e. The van der Waals surface area contributed by atoms with Crippen LogP contribution in [0.25, 0.3) is 11.4 Å². The molecular formula is C23H21N5OS. The highest BCUT2D eigenvalue weighted by molar-refractivity contribution is 8.00. The molecule has 2 aromatic carbocycles. The Morgan fingerprint density at radius 1 is 1.13 bits per heavy atom. The third-order valence-corrected chi connectivity index (χ3v) is 5.96. The summed E-state index contributed by atoms with van der Waals surface area (Å²) in [4.78, 5) is 26.4. The fourth-order valence-electron chi connectivity index (χ4n) is 3.27. The lowest BCUT2D eigenvalue weighted by molar-refractivity contribution is -0.118. The summed E-state index contributed by atoms with van der Waals surface area (Å²) in [5, 5.41) is 6.37. The number of nitrogens with one attached hydrogen (secondary N) is 2. The summed E-state index contributed by atoms with van der Waals surface area (Å²) >= 11 is 1.53. The molecule has 7 heteroatoms. The van der Waals surface area contributed by atoms with Crippen molar-refractivity contribution in [2.24, 2.45) is 4.99 Å². The molecule has 0 atom stereocenters. The third-order valence-electron chi connectivity index (χ3n) is 4.97. The molecule has 1 aliphatic heterocycles. The maximum atomic E-state index is 11.9. The molecule has 0 saturated heterocycles. The fraction of sp³-hybridized carbons (Fsp3) is 0.217. The van der Waals surface area contributed by atoms with Gasteiger partial charge in [-0.3, -0.25) is 9.79 Å². The molecule has 0 bridgehead atoms. The number of carbonyl (C=O) groups excluding carboxylic acids is 1. The van der Waals surface area contributed by atoms with Gasteiger partial charge in [0, 0.05) is 34.6 Å². The van der Waals surface area contributed by atoms with Crippen molar-refractivity contribution in [1.29, 1.82) is 0 Å². The van der Waals surface area contributed by atoms with E-state index in [1.807, 2.05) is 42.6 Å². The standard InChI is InChI=1S/C23H21N5OS/c29-22(27-18-6-7-18)14-30-20-3-1-2-15(11-20)23-25-9-8-21(28-23)26-19-5-4-16-12-24-13-17(16)10-19/h1-5,8-11,13,18H,6-7,12,14H2,(H,27,29)(H,25,26,28). The summed E-state index contributed by atoms with van der Waals surface area (Å²) in [6.45, 7) is 0.754. The van der Waals surface area contributed by atoms with Crippen molar-refractivity contribution in [1.82, 2.24) is 15.3 Å². The molecule has 3 aromatic rings. The van der Waals surface area contributed by atoms with Crippen molar-refractivity contribution in [2.45, 2.75) is 30.3 Å². The third kappa shape index (κ3) is 4.52. The Balaban J connectivity index is 1.28. The van der Waals surface area contributed by atoms with Gasteiger partial charge in [0.15, 0.2) is 5.82 Å². The van der Waals surface area contributed by atoms with E-state index >= 15 is 0 Å². The molecule has 2 aliphatic rings. The van der Waals surface area contributed by atoms with Crippen molar-refractivity contribution in [3.05, 3.63) is 65.9 Å². The average molecular weight is 416 g/mol. The SMILES string of the molecule is O=C(CSc1cccc(-c2nccc(Nc3ccc4c(c3)C=NC4)n2)c1)NC1CC1. The van der Waals surface area contributed by atoms with Gasteiger partial charge < -0.3 is 10.6 Å². The second kappa shape index (κ2) is 8.28. The Morgan fingerprint density at radius 2 is 2.07 bits per heavy atom. The number of nitrogens with zero attached hydrogens (tertiary/aromatic N) is 3. The van der Waals surface area contributed by atoms with E-state index in [0.717, 1.165) is 46.9 Å². The number of anilines is 2. The molecule has 30 heavy (non-hydrogen) atoms. The molecule has 2 heterocycles. The number of aromatic nitrogens is 2. The first-order valence-corrected chi connectivity index (χ1v) is 11.0. The monoisotopic (exact) mass is 415 g/mol. The van der Waals surface area contributed by atoms with E-state index < -0.39 is 0 Å². The van der Waals surface area contributed by atoms with Gasteiger partial charge in [-0.2, -0.15) is 0 Å². The number of hydrogen-bond donors (Lipinski definition) is 2. The van der Waals surface area contributed by atoms with Crippen LogP contribution in [0.4, 0.5) is 11.5 Å². The second-order valence-corrected chi connectivity index (χ2v) is 8.48. The van der Waals surface area contributed by atoms with E-state index in [2.05, 4.69) is 37.7 Å². The summed E-state index contributed by atoms with van der Waals surface area (Å²) in [6, 6.07) is 16.5. The van der Waals surface area contributed by atoms with Gasteiger partial charge in [-0.15, -0.1) is 11.8 Å². The number of aliphatic imine (C=N–C) groups is 1. The number of amides is 1. The lowest BCUT2D eigenvalue weighted by Gasteiger charge is -2.09. The van der Waals surface area contributed by atoms with Gasteiger partial charge in [-0.05, 0) is 54.3 Å². The average Bonchev–Trinajstić information content (AvgIpc) is 3.46. The van der Waals surface area contributed by atoms with E-state index in [1.165, 1.54) is 17.3 Å². The van der Waals surface area contributed by atoms with E-state index in [4.69, 9.17) is 0 Å². The van der Waals surface area contributed by atoms with Crippen LogP contribution in [0.3, 0.4) is 0 Å². The number of hydrogen-bond acceptors (Lipinski definition) is 6. The fourth-order valence-corrected chi connectivity index (χ4v) is 4.03. The highest BCUT2D eigenvalue weighted by atomic mass is 32.2. The Kier molecular flexibility index (Phi) is 5.19. The number of benzene rings is 2. The van der Waals surface area contributed by atoms with Crippen LogP contribution in [0.5, 0.6) is 0 Å². The zero-order valence-corrected chi connectivity index (χ0v) is 17.2. The molecule has 5 rings (SSSR count). The van der Waals surface area contributed by atoms with Crippen LogP contribution in [0.15, 0.2) is 64.6 Å². The van der Waals surface area contributed by atoms with Gasteiger partial charge in [-0.1, -0.05) is 18.2 Å². The summed E-state index contributed by atoms with van der Waals surface area (Å²) in [5.41, 5.74) is 4.28. The van der Waals surface area contributed by atoms with Gasteiger partial charge in [-0.25, -0.2) is 9.97 Å². The van der Waals surface area contributed by atoms with Crippen molar-refractivity contribution in [2.75, 3.05) is 11.1 Å².